The summed E-state index contributed by atoms with van der Waals surface area (Å²) in [5.41, 5.74) is 0.473. The lowest BCUT2D eigenvalue weighted by Gasteiger charge is -2.39. The number of carbonyl (C=O) groups is 1. The van der Waals surface area contributed by atoms with Gasteiger partial charge in [-0.2, -0.15) is 13.2 Å². The van der Waals surface area contributed by atoms with Crippen LogP contribution in [0.1, 0.15) is 42.3 Å². The van der Waals surface area contributed by atoms with E-state index in [-0.39, 0.29) is 55.0 Å². The van der Waals surface area contributed by atoms with E-state index in [1.807, 2.05) is 24.3 Å². The maximum atomic E-state index is 13.8. The van der Waals surface area contributed by atoms with Crippen LogP contribution < -0.4 is 10.9 Å². The maximum absolute atomic E-state index is 13.8. The highest BCUT2D eigenvalue weighted by molar-refractivity contribution is 6.31. The van der Waals surface area contributed by atoms with Gasteiger partial charge in [-0.15, -0.1) is 0 Å². The number of fused-ring (bicyclic) bond motifs is 1. The summed E-state index contributed by atoms with van der Waals surface area (Å²) < 4.78 is 49.9. The van der Waals surface area contributed by atoms with Gasteiger partial charge in [-0.3, -0.25) is 18.7 Å². The van der Waals surface area contributed by atoms with Crippen molar-refractivity contribution in [2.75, 3.05) is 32.8 Å². The van der Waals surface area contributed by atoms with Crippen LogP contribution in [0.5, 0.6) is 0 Å². The number of hydrogen-bond donors (Lipinski definition) is 2. The fourth-order valence-corrected chi connectivity index (χ4v) is 6.43. The average Bonchev–Trinajstić information content (AvgIpc) is 3.38. The molecule has 0 saturated carbocycles. The largest absolute Gasteiger partial charge is 0.396 e. The third-order valence-electron chi connectivity index (χ3n) is 8.70. The molecule has 2 aliphatic heterocycles. The van der Waals surface area contributed by atoms with Crippen molar-refractivity contribution in [1.29, 1.82) is 0 Å². The summed E-state index contributed by atoms with van der Waals surface area (Å²) in [6, 6.07) is 16.8. The highest BCUT2D eigenvalue weighted by Gasteiger charge is 2.43. The number of aliphatic hydroxyl groups is 1. The number of morpholine rings is 1. The number of nitrogens with one attached hydrogen (secondary N) is 1. The molecule has 2 aromatic heterocycles. The highest BCUT2D eigenvalue weighted by atomic mass is 35.5. The molecule has 2 aliphatic rings. The Morgan fingerprint density at radius 1 is 1.13 bits per heavy atom. The molecule has 6 rings (SSSR count). The van der Waals surface area contributed by atoms with Gasteiger partial charge in [0.05, 0.1) is 42.7 Å². The molecule has 0 spiro atoms. The van der Waals surface area contributed by atoms with Gasteiger partial charge in [-0.05, 0) is 42.2 Å². The SMILES string of the molecule is O=C(CC(c1ccccc1)C(F)(F)F)N1CCC(O)(Cn2cnc3c(cc(Cl)n3-c3ccc([C@@H]4COCCN4)cc3)c2=O)CC1. The number of rotatable bonds is 7. The quantitative estimate of drug-likeness (QED) is 0.306. The minimum absolute atomic E-state index is 0.0342. The maximum Gasteiger partial charge on any atom is 0.396 e. The summed E-state index contributed by atoms with van der Waals surface area (Å²) in [7, 11) is 0. The summed E-state index contributed by atoms with van der Waals surface area (Å²) >= 11 is 6.57. The fraction of sp³-hybridized carbons (Fsp3) is 0.406. The number of likely N-dealkylation sites (tertiary alicyclic amines) is 1. The van der Waals surface area contributed by atoms with Crippen LogP contribution >= 0.6 is 11.6 Å². The van der Waals surface area contributed by atoms with Crippen LogP contribution in [-0.2, 0) is 16.1 Å². The molecule has 2 saturated heterocycles. The van der Waals surface area contributed by atoms with Crippen LogP contribution in [0.3, 0.4) is 0 Å². The summed E-state index contributed by atoms with van der Waals surface area (Å²) in [6.07, 6.45) is -3.73. The van der Waals surface area contributed by atoms with E-state index in [0.29, 0.717) is 24.0 Å². The number of aromatic nitrogens is 3. The monoisotopic (exact) mass is 643 g/mol. The van der Waals surface area contributed by atoms with E-state index >= 15 is 0 Å². The molecule has 238 valence electrons. The molecule has 2 fully saturated rings. The number of alkyl halides is 3. The average molecular weight is 644 g/mol. The van der Waals surface area contributed by atoms with Gasteiger partial charge in [-0.25, -0.2) is 4.98 Å². The van der Waals surface area contributed by atoms with E-state index < -0.39 is 30.0 Å². The first-order valence-electron chi connectivity index (χ1n) is 14.8. The Morgan fingerprint density at radius 3 is 2.49 bits per heavy atom. The Hall–Kier alpha value is -3.71. The fourth-order valence-electron chi connectivity index (χ4n) is 6.14. The van der Waals surface area contributed by atoms with Crippen LogP contribution in [-0.4, -0.2) is 74.7 Å². The van der Waals surface area contributed by atoms with Crippen LogP contribution in [0.2, 0.25) is 5.15 Å². The van der Waals surface area contributed by atoms with Crippen LogP contribution in [0.25, 0.3) is 16.7 Å². The van der Waals surface area contributed by atoms with Gasteiger partial charge in [0.25, 0.3) is 5.56 Å². The molecule has 0 radical (unpaired) electrons. The van der Waals surface area contributed by atoms with E-state index in [2.05, 4.69) is 10.3 Å². The van der Waals surface area contributed by atoms with Gasteiger partial charge < -0.3 is 20.1 Å². The van der Waals surface area contributed by atoms with E-state index in [4.69, 9.17) is 16.3 Å². The Bertz CT molecular complexity index is 1710. The lowest BCUT2D eigenvalue weighted by molar-refractivity contribution is -0.162. The summed E-state index contributed by atoms with van der Waals surface area (Å²) in [4.78, 5) is 32.2. The van der Waals surface area contributed by atoms with Gasteiger partial charge >= 0.3 is 6.18 Å². The number of ether oxygens (including phenoxy) is 1. The molecular weight excluding hydrogens is 611 g/mol. The number of nitrogens with zero attached hydrogens (tertiary/aromatic N) is 4. The standard InChI is InChI=1S/C32H33ClF3N5O4/c33-27-16-24-29(41(27)23-8-6-22(7-9-23)26-18-45-15-12-37-26)38-20-40(30(24)43)19-31(44)10-13-39(14-11-31)28(42)17-25(32(34,35)36)21-4-2-1-3-5-21/h1-9,16,20,25-26,37,44H,10-15,17-19H2/t25?,26-/m0/s1. The zero-order chi connectivity index (χ0) is 31.8. The molecule has 0 bridgehead atoms. The summed E-state index contributed by atoms with van der Waals surface area (Å²) in [5, 5.41) is 15.3. The second-order valence-corrected chi connectivity index (χ2v) is 12.1. The van der Waals surface area contributed by atoms with Crippen molar-refractivity contribution in [2.24, 2.45) is 0 Å². The molecule has 2 atom stereocenters. The van der Waals surface area contributed by atoms with Gasteiger partial charge in [-0.1, -0.05) is 54.1 Å². The lowest BCUT2D eigenvalue weighted by atomic mass is 9.89. The molecular formula is C32H33ClF3N5O4. The van der Waals surface area contributed by atoms with Gasteiger partial charge in [0.1, 0.15) is 11.5 Å². The number of amides is 1. The first-order valence-corrected chi connectivity index (χ1v) is 15.2. The summed E-state index contributed by atoms with van der Waals surface area (Å²) in [6.45, 7) is 2.10. The number of piperidine rings is 1. The second kappa shape index (κ2) is 12.6. The molecule has 9 nitrogen and oxygen atoms in total. The van der Waals surface area contributed by atoms with Crippen molar-refractivity contribution in [3.05, 3.63) is 93.6 Å². The van der Waals surface area contributed by atoms with Crippen LogP contribution in [0, 0.1) is 0 Å². The van der Waals surface area contributed by atoms with Crippen LogP contribution in [0.4, 0.5) is 13.2 Å². The predicted octanol–water partition coefficient (Wildman–Crippen LogP) is 4.59. The number of benzene rings is 2. The smallest absolute Gasteiger partial charge is 0.388 e. The minimum atomic E-state index is -4.58. The van der Waals surface area contributed by atoms with Crippen molar-refractivity contribution in [2.45, 2.75) is 49.5 Å². The topological polar surface area (TPSA) is 102 Å². The van der Waals surface area contributed by atoms with E-state index in [1.54, 1.807) is 16.7 Å². The molecule has 2 aromatic carbocycles. The van der Waals surface area contributed by atoms with Crippen molar-refractivity contribution >= 4 is 28.5 Å². The number of carbonyl (C=O) groups excluding carboxylic acids is 1. The second-order valence-electron chi connectivity index (χ2n) is 11.7. The van der Waals surface area contributed by atoms with Gasteiger partial charge in [0.2, 0.25) is 5.91 Å². The molecule has 2 N–H and O–H groups in total. The molecule has 0 aliphatic carbocycles. The van der Waals surface area contributed by atoms with Crippen molar-refractivity contribution < 1.29 is 27.8 Å². The molecule has 1 unspecified atom stereocenters. The minimum Gasteiger partial charge on any atom is -0.388 e. The van der Waals surface area contributed by atoms with Crippen molar-refractivity contribution in [1.82, 2.24) is 24.3 Å². The van der Waals surface area contributed by atoms with Gasteiger partial charge in [0.15, 0.2) is 5.65 Å². The summed E-state index contributed by atoms with van der Waals surface area (Å²) in [5.74, 6) is -2.54. The molecule has 1 amide bonds. The Morgan fingerprint density at radius 2 is 1.84 bits per heavy atom. The zero-order valence-electron chi connectivity index (χ0n) is 24.3. The normalized spacial score (nSPS) is 19.5. The molecule has 13 heteroatoms. The first kappa shape index (κ1) is 31.3. The lowest BCUT2D eigenvalue weighted by Crippen LogP contribution is -2.50. The predicted molar refractivity (Wildman–Crippen MR) is 163 cm³/mol. The third-order valence-corrected chi connectivity index (χ3v) is 8.98. The third kappa shape index (κ3) is 6.64. The number of hydrogen-bond acceptors (Lipinski definition) is 6. The van der Waals surface area contributed by atoms with Crippen molar-refractivity contribution in [3.8, 4) is 5.69 Å². The Labute approximate surface area is 262 Å². The molecule has 45 heavy (non-hydrogen) atoms. The highest BCUT2D eigenvalue weighted by Crippen LogP contribution is 2.38. The van der Waals surface area contributed by atoms with Crippen LogP contribution in [0.15, 0.2) is 71.8 Å². The van der Waals surface area contributed by atoms with E-state index in [9.17, 15) is 27.9 Å². The molecule has 4 aromatic rings. The first-order chi connectivity index (χ1) is 21.5. The number of halogens is 4. The Kier molecular flexibility index (Phi) is 8.75. The van der Waals surface area contributed by atoms with E-state index in [0.717, 1.165) is 17.8 Å². The molecule has 4 heterocycles. The zero-order valence-corrected chi connectivity index (χ0v) is 25.1. The van der Waals surface area contributed by atoms with Crippen molar-refractivity contribution in [3.63, 3.8) is 0 Å². The Balaban J connectivity index is 1.14. The van der Waals surface area contributed by atoms with E-state index in [1.165, 1.54) is 40.1 Å². The van der Waals surface area contributed by atoms with Gasteiger partial charge in [0, 0.05) is 31.7 Å².